The van der Waals surface area contributed by atoms with Crippen molar-refractivity contribution < 1.29 is 9.84 Å². The summed E-state index contributed by atoms with van der Waals surface area (Å²) in [5.41, 5.74) is 5.13. The first kappa shape index (κ1) is 14.9. The average Bonchev–Trinajstić information content (AvgIpc) is 2.72. The molecular formula is C16H15BrClNO2. The monoisotopic (exact) mass is 367 g/mol. The van der Waals surface area contributed by atoms with Gasteiger partial charge in [0, 0.05) is 16.6 Å². The van der Waals surface area contributed by atoms with Crippen molar-refractivity contribution in [2.75, 3.05) is 6.54 Å². The molecule has 1 heterocycles. The second kappa shape index (κ2) is 4.99. The smallest absolute Gasteiger partial charge is 0.179 e. The van der Waals surface area contributed by atoms with E-state index in [0.29, 0.717) is 20.8 Å². The zero-order valence-corrected chi connectivity index (χ0v) is 13.8. The van der Waals surface area contributed by atoms with Crippen LogP contribution in [0.5, 0.6) is 5.75 Å². The zero-order valence-electron chi connectivity index (χ0n) is 11.4. The normalized spacial score (nSPS) is 27.3. The lowest BCUT2D eigenvalue weighted by atomic mass is 9.76. The Balaban J connectivity index is 2.26. The fourth-order valence-electron chi connectivity index (χ4n) is 2.97. The highest BCUT2D eigenvalue weighted by atomic mass is 79.9. The predicted molar refractivity (Wildman–Crippen MR) is 86.5 cm³/mol. The molecule has 0 bridgehead atoms. The molecule has 2 aromatic rings. The molecule has 0 radical (unpaired) electrons. The fraction of sp³-hybridized carbons (Fsp3) is 0.250. The lowest BCUT2D eigenvalue weighted by Crippen LogP contribution is -2.52. The zero-order chi connectivity index (χ0) is 15.3. The van der Waals surface area contributed by atoms with E-state index in [9.17, 15) is 5.11 Å². The molecule has 0 fully saturated rings. The van der Waals surface area contributed by atoms with Crippen molar-refractivity contribution in [1.82, 2.24) is 0 Å². The summed E-state index contributed by atoms with van der Waals surface area (Å²) in [6, 6.07) is 13.0. The molecule has 0 aromatic heterocycles. The van der Waals surface area contributed by atoms with E-state index >= 15 is 0 Å². The number of hydrogen-bond donors (Lipinski definition) is 2. The molecule has 5 heteroatoms. The van der Waals surface area contributed by atoms with Gasteiger partial charge in [0.15, 0.2) is 5.60 Å². The summed E-state index contributed by atoms with van der Waals surface area (Å²) in [5.74, 6) is 0.588. The van der Waals surface area contributed by atoms with Gasteiger partial charge in [-0.25, -0.2) is 0 Å². The van der Waals surface area contributed by atoms with E-state index in [0.717, 1.165) is 5.56 Å². The van der Waals surface area contributed by atoms with E-state index in [4.69, 9.17) is 22.1 Å². The van der Waals surface area contributed by atoms with Gasteiger partial charge in [-0.2, -0.15) is 0 Å². The Labute approximate surface area is 136 Å². The minimum Gasteiger partial charge on any atom is -0.477 e. The molecule has 1 aliphatic heterocycles. The van der Waals surface area contributed by atoms with Crippen LogP contribution in [0, 0.1) is 0 Å². The summed E-state index contributed by atoms with van der Waals surface area (Å²) in [5, 5.41) is 11.7. The summed E-state index contributed by atoms with van der Waals surface area (Å²) < 4.78 is 6.75. The number of aliphatic hydroxyl groups is 1. The maximum absolute atomic E-state index is 11.2. The molecule has 21 heavy (non-hydrogen) atoms. The largest absolute Gasteiger partial charge is 0.477 e. The Kier molecular flexibility index (Phi) is 3.53. The van der Waals surface area contributed by atoms with Crippen LogP contribution in [-0.2, 0) is 11.2 Å². The van der Waals surface area contributed by atoms with Crippen LogP contribution in [0.25, 0.3) is 0 Å². The van der Waals surface area contributed by atoms with Gasteiger partial charge in [-0.15, -0.1) is 0 Å². The fourth-order valence-corrected chi connectivity index (χ4v) is 3.84. The summed E-state index contributed by atoms with van der Waals surface area (Å²) in [7, 11) is 0. The Morgan fingerprint density at radius 3 is 2.52 bits per heavy atom. The van der Waals surface area contributed by atoms with Crippen LogP contribution < -0.4 is 10.5 Å². The molecule has 0 spiro atoms. The van der Waals surface area contributed by atoms with E-state index in [2.05, 4.69) is 15.9 Å². The van der Waals surface area contributed by atoms with Crippen LogP contribution in [0.2, 0.25) is 5.02 Å². The van der Waals surface area contributed by atoms with Crippen LogP contribution in [0.15, 0.2) is 46.9 Å². The number of rotatable bonds is 2. The van der Waals surface area contributed by atoms with Crippen molar-refractivity contribution >= 4 is 27.5 Å². The number of hydrogen-bond acceptors (Lipinski definition) is 3. The molecule has 3 N–H and O–H groups in total. The molecule has 0 amide bonds. The van der Waals surface area contributed by atoms with Crippen molar-refractivity contribution in [2.24, 2.45) is 5.73 Å². The molecule has 2 unspecified atom stereocenters. The number of halogens is 2. The minimum atomic E-state index is -1.30. The van der Waals surface area contributed by atoms with E-state index < -0.39 is 11.2 Å². The summed E-state index contributed by atoms with van der Waals surface area (Å²) in [4.78, 5) is 0. The van der Waals surface area contributed by atoms with E-state index in [1.807, 2.05) is 30.3 Å². The molecule has 0 aliphatic carbocycles. The van der Waals surface area contributed by atoms with E-state index in [1.165, 1.54) is 0 Å². The lowest BCUT2D eigenvalue weighted by molar-refractivity contribution is -0.103. The molecule has 3 nitrogen and oxygen atoms in total. The molecule has 2 atom stereocenters. The average molecular weight is 369 g/mol. The maximum atomic E-state index is 11.2. The standard InChI is InChI=1S/C16H15BrClNO2/c1-15(20)13-12(8-7-11(18)14(13)17)21-16(15,9-19)10-5-3-2-4-6-10/h2-8,20H,9,19H2,1H3. The Bertz CT molecular complexity index is 690. The Morgan fingerprint density at radius 2 is 1.90 bits per heavy atom. The molecular weight excluding hydrogens is 354 g/mol. The molecule has 2 aromatic carbocycles. The Morgan fingerprint density at radius 1 is 1.24 bits per heavy atom. The SMILES string of the molecule is CC1(O)c2c(ccc(Cl)c2Br)OC1(CN)c1ccccc1. The van der Waals surface area contributed by atoms with Gasteiger partial charge in [0.25, 0.3) is 0 Å². The summed E-state index contributed by atoms with van der Waals surface area (Å²) >= 11 is 9.60. The van der Waals surface area contributed by atoms with Crippen molar-refractivity contribution in [3.8, 4) is 5.75 Å². The van der Waals surface area contributed by atoms with Crippen molar-refractivity contribution in [3.05, 3.63) is 63.1 Å². The number of fused-ring (bicyclic) bond motifs is 1. The number of ether oxygens (including phenoxy) is 1. The third kappa shape index (κ3) is 1.94. The summed E-state index contributed by atoms with van der Waals surface area (Å²) in [6.07, 6.45) is 0. The predicted octanol–water partition coefficient (Wildman–Crippen LogP) is 3.56. The quantitative estimate of drug-likeness (QED) is 0.852. The molecule has 1 aliphatic rings. The molecule has 110 valence electrons. The topological polar surface area (TPSA) is 55.5 Å². The molecule has 0 saturated carbocycles. The van der Waals surface area contributed by atoms with E-state index in [-0.39, 0.29) is 6.54 Å². The summed E-state index contributed by atoms with van der Waals surface area (Å²) in [6.45, 7) is 1.85. The van der Waals surface area contributed by atoms with Crippen LogP contribution >= 0.6 is 27.5 Å². The van der Waals surface area contributed by atoms with Gasteiger partial charge >= 0.3 is 0 Å². The first-order valence-corrected chi connectivity index (χ1v) is 7.76. The van der Waals surface area contributed by atoms with Crippen LogP contribution in [0.4, 0.5) is 0 Å². The van der Waals surface area contributed by atoms with Crippen molar-refractivity contribution in [3.63, 3.8) is 0 Å². The van der Waals surface area contributed by atoms with Gasteiger partial charge in [-0.05, 0) is 40.5 Å². The van der Waals surface area contributed by atoms with Crippen molar-refractivity contribution in [1.29, 1.82) is 0 Å². The highest BCUT2D eigenvalue weighted by Crippen LogP contribution is 2.55. The van der Waals surface area contributed by atoms with Gasteiger partial charge in [-0.3, -0.25) is 0 Å². The van der Waals surface area contributed by atoms with E-state index in [1.54, 1.807) is 19.1 Å². The van der Waals surface area contributed by atoms with Gasteiger partial charge in [-0.1, -0.05) is 41.9 Å². The lowest BCUT2D eigenvalue weighted by Gasteiger charge is -2.38. The molecule has 3 rings (SSSR count). The maximum Gasteiger partial charge on any atom is 0.179 e. The third-order valence-corrected chi connectivity index (χ3v) is 5.51. The van der Waals surface area contributed by atoms with Gasteiger partial charge < -0.3 is 15.6 Å². The van der Waals surface area contributed by atoms with Gasteiger partial charge in [0.2, 0.25) is 0 Å². The Hall–Kier alpha value is -1.07. The van der Waals surface area contributed by atoms with Crippen LogP contribution in [-0.4, -0.2) is 11.7 Å². The third-order valence-electron chi connectivity index (χ3n) is 4.14. The number of nitrogens with two attached hydrogens (primary N) is 1. The second-order valence-electron chi connectivity index (χ2n) is 5.31. The highest BCUT2D eigenvalue weighted by molar-refractivity contribution is 9.10. The first-order valence-electron chi connectivity index (χ1n) is 6.59. The second-order valence-corrected chi connectivity index (χ2v) is 6.51. The first-order chi connectivity index (χ1) is 9.94. The highest BCUT2D eigenvalue weighted by Gasteiger charge is 2.58. The van der Waals surface area contributed by atoms with Crippen LogP contribution in [0.1, 0.15) is 18.1 Å². The molecule has 0 saturated heterocycles. The number of benzene rings is 2. The van der Waals surface area contributed by atoms with Gasteiger partial charge in [0.1, 0.15) is 11.4 Å². The van der Waals surface area contributed by atoms with Crippen LogP contribution in [0.3, 0.4) is 0 Å². The van der Waals surface area contributed by atoms with Gasteiger partial charge in [0.05, 0.1) is 5.02 Å². The van der Waals surface area contributed by atoms with Crippen molar-refractivity contribution in [2.45, 2.75) is 18.1 Å². The minimum absolute atomic E-state index is 0.142.